The number of pyridine rings is 1. The minimum Gasteiger partial charge on any atom is -0.503 e. The molecule has 2 N–H and O–H groups in total. The lowest BCUT2D eigenvalue weighted by atomic mass is 10.3. The van der Waals surface area contributed by atoms with Crippen molar-refractivity contribution < 1.29 is 15.0 Å². The molecule has 1 fully saturated rings. The molecule has 18 heavy (non-hydrogen) atoms. The lowest BCUT2D eigenvalue weighted by Gasteiger charge is -2.18. The van der Waals surface area contributed by atoms with Gasteiger partial charge in [0.1, 0.15) is 6.54 Å². The number of carboxylic acids is 1. The second-order valence-corrected chi connectivity index (χ2v) is 4.52. The molecule has 1 aromatic heterocycles. The molecule has 98 valence electrons. The quantitative estimate of drug-likeness (QED) is 0.801. The molecule has 0 bridgehead atoms. The average molecular weight is 252 g/mol. The van der Waals surface area contributed by atoms with Gasteiger partial charge in [-0.3, -0.25) is 14.5 Å². The Bertz CT molecular complexity index is 503. The number of hydrogen-bond acceptors (Lipinski definition) is 4. The Morgan fingerprint density at radius 3 is 2.61 bits per heavy atom. The van der Waals surface area contributed by atoms with Crippen LogP contribution in [0.25, 0.3) is 0 Å². The summed E-state index contributed by atoms with van der Waals surface area (Å²) in [7, 11) is 0. The predicted molar refractivity (Wildman–Crippen MR) is 64.5 cm³/mol. The third-order valence-electron chi connectivity index (χ3n) is 3.09. The van der Waals surface area contributed by atoms with Crippen molar-refractivity contribution in [3.63, 3.8) is 0 Å². The van der Waals surface area contributed by atoms with Crippen molar-refractivity contribution in [1.29, 1.82) is 0 Å². The van der Waals surface area contributed by atoms with Gasteiger partial charge in [0.25, 0.3) is 0 Å². The van der Waals surface area contributed by atoms with Crippen molar-refractivity contribution in [2.24, 2.45) is 0 Å². The Morgan fingerprint density at radius 2 is 2.00 bits per heavy atom. The summed E-state index contributed by atoms with van der Waals surface area (Å²) in [6, 6.07) is 1.32. The molecule has 1 aliphatic heterocycles. The van der Waals surface area contributed by atoms with E-state index in [0.717, 1.165) is 25.9 Å². The molecule has 0 unspecified atom stereocenters. The Kier molecular flexibility index (Phi) is 3.66. The van der Waals surface area contributed by atoms with Crippen LogP contribution in [-0.2, 0) is 17.9 Å². The first-order valence-electron chi connectivity index (χ1n) is 5.93. The zero-order chi connectivity index (χ0) is 13.1. The van der Waals surface area contributed by atoms with E-state index in [1.165, 1.54) is 16.8 Å². The summed E-state index contributed by atoms with van der Waals surface area (Å²) in [5.41, 5.74) is 0.160. The monoisotopic (exact) mass is 252 g/mol. The van der Waals surface area contributed by atoms with Crippen LogP contribution in [0.5, 0.6) is 5.75 Å². The van der Waals surface area contributed by atoms with E-state index in [9.17, 15) is 14.7 Å². The summed E-state index contributed by atoms with van der Waals surface area (Å²) in [4.78, 5) is 24.4. The first-order chi connectivity index (χ1) is 8.56. The number of likely N-dealkylation sites (tertiary alicyclic amines) is 1. The molecule has 0 spiro atoms. The molecule has 0 aromatic carbocycles. The van der Waals surface area contributed by atoms with Gasteiger partial charge in [-0.05, 0) is 25.9 Å². The highest BCUT2D eigenvalue weighted by Crippen LogP contribution is 2.13. The van der Waals surface area contributed by atoms with Crippen molar-refractivity contribution in [3.05, 3.63) is 28.2 Å². The van der Waals surface area contributed by atoms with Crippen molar-refractivity contribution in [2.75, 3.05) is 13.1 Å². The van der Waals surface area contributed by atoms with E-state index in [1.807, 2.05) is 0 Å². The van der Waals surface area contributed by atoms with Crippen molar-refractivity contribution in [1.82, 2.24) is 9.47 Å². The fourth-order valence-corrected chi connectivity index (χ4v) is 2.20. The van der Waals surface area contributed by atoms with Crippen molar-refractivity contribution in [3.8, 4) is 5.75 Å². The van der Waals surface area contributed by atoms with E-state index in [2.05, 4.69) is 4.90 Å². The fourth-order valence-electron chi connectivity index (χ4n) is 2.20. The van der Waals surface area contributed by atoms with Gasteiger partial charge in [0.2, 0.25) is 5.43 Å². The number of hydrogen-bond donors (Lipinski definition) is 2. The maximum absolute atomic E-state index is 11.4. The lowest BCUT2D eigenvalue weighted by Crippen LogP contribution is -2.24. The molecule has 0 aliphatic carbocycles. The van der Waals surface area contributed by atoms with Gasteiger partial charge in [-0.1, -0.05) is 0 Å². The summed E-state index contributed by atoms with van der Waals surface area (Å²) >= 11 is 0. The number of rotatable bonds is 4. The van der Waals surface area contributed by atoms with E-state index in [0.29, 0.717) is 12.2 Å². The van der Waals surface area contributed by atoms with E-state index >= 15 is 0 Å². The second-order valence-electron chi connectivity index (χ2n) is 4.52. The largest absolute Gasteiger partial charge is 0.503 e. The minimum absolute atomic E-state index is 0.253. The first kappa shape index (κ1) is 12.6. The highest BCUT2D eigenvalue weighted by molar-refractivity contribution is 5.66. The zero-order valence-electron chi connectivity index (χ0n) is 10.0. The molecule has 0 amide bonds. The number of carbonyl (C=O) groups is 1. The van der Waals surface area contributed by atoms with Gasteiger partial charge in [-0.25, -0.2) is 0 Å². The molecule has 1 aromatic rings. The average Bonchev–Trinajstić information content (AvgIpc) is 2.77. The van der Waals surface area contributed by atoms with E-state index < -0.39 is 17.1 Å². The maximum Gasteiger partial charge on any atom is 0.323 e. The molecular formula is C12H16N2O4. The molecular weight excluding hydrogens is 236 g/mol. The number of nitrogens with zero attached hydrogens (tertiary/aromatic N) is 2. The lowest BCUT2D eigenvalue weighted by molar-refractivity contribution is -0.137. The van der Waals surface area contributed by atoms with Gasteiger partial charge in [0.15, 0.2) is 5.75 Å². The van der Waals surface area contributed by atoms with Gasteiger partial charge in [-0.2, -0.15) is 0 Å². The van der Waals surface area contributed by atoms with Crippen LogP contribution in [0.2, 0.25) is 0 Å². The number of aromatic hydroxyl groups is 1. The van der Waals surface area contributed by atoms with Crippen LogP contribution in [-0.4, -0.2) is 38.7 Å². The smallest absolute Gasteiger partial charge is 0.323 e. The predicted octanol–water partition coefficient (Wildman–Crippen LogP) is 0.234. The SMILES string of the molecule is O=C(O)Cn1cc(O)c(=O)cc1CN1CCCC1. The fraction of sp³-hybridized carbons (Fsp3) is 0.500. The molecule has 0 radical (unpaired) electrons. The van der Waals surface area contributed by atoms with Gasteiger partial charge in [0, 0.05) is 18.3 Å². The topological polar surface area (TPSA) is 82.8 Å². The summed E-state index contributed by atoms with van der Waals surface area (Å²) in [6.45, 7) is 2.21. The van der Waals surface area contributed by atoms with Crippen LogP contribution in [0.3, 0.4) is 0 Å². The Morgan fingerprint density at radius 1 is 1.33 bits per heavy atom. The maximum atomic E-state index is 11.4. The molecule has 6 heteroatoms. The minimum atomic E-state index is -0.999. The van der Waals surface area contributed by atoms with Gasteiger partial charge in [0.05, 0.1) is 6.20 Å². The van der Waals surface area contributed by atoms with E-state index in [-0.39, 0.29) is 6.54 Å². The van der Waals surface area contributed by atoms with Gasteiger partial charge >= 0.3 is 5.97 Å². The summed E-state index contributed by atoms with van der Waals surface area (Å²) in [6.07, 6.45) is 3.45. The normalized spacial score (nSPS) is 16.0. The van der Waals surface area contributed by atoms with Gasteiger partial charge in [-0.15, -0.1) is 0 Å². The van der Waals surface area contributed by atoms with E-state index in [1.54, 1.807) is 0 Å². The highest BCUT2D eigenvalue weighted by Gasteiger charge is 2.15. The molecule has 0 saturated carbocycles. The van der Waals surface area contributed by atoms with Crippen LogP contribution in [0, 0.1) is 0 Å². The third kappa shape index (κ3) is 2.89. The number of aromatic nitrogens is 1. The van der Waals surface area contributed by atoms with Crippen LogP contribution < -0.4 is 5.43 Å². The van der Waals surface area contributed by atoms with Crippen LogP contribution in [0.1, 0.15) is 18.5 Å². The first-order valence-corrected chi connectivity index (χ1v) is 5.93. The number of aliphatic carboxylic acids is 1. The molecule has 0 atom stereocenters. The Hall–Kier alpha value is -1.82. The molecule has 2 rings (SSSR count). The van der Waals surface area contributed by atoms with Crippen LogP contribution in [0.4, 0.5) is 0 Å². The van der Waals surface area contributed by atoms with Crippen molar-refractivity contribution in [2.45, 2.75) is 25.9 Å². The molecule has 1 aliphatic rings. The van der Waals surface area contributed by atoms with Crippen LogP contribution in [0.15, 0.2) is 17.1 Å². The summed E-state index contributed by atoms with van der Waals surface area (Å²) in [5.74, 6) is -1.41. The van der Waals surface area contributed by atoms with Crippen LogP contribution >= 0.6 is 0 Å². The molecule has 1 saturated heterocycles. The van der Waals surface area contributed by atoms with Crippen molar-refractivity contribution >= 4 is 5.97 Å². The Labute approximate surface area is 104 Å². The molecule has 2 heterocycles. The second kappa shape index (κ2) is 5.22. The number of carboxylic acid groups (broad SMARTS) is 1. The highest BCUT2D eigenvalue weighted by atomic mass is 16.4. The zero-order valence-corrected chi connectivity index (χ0v) is 10.0. The summed E-state index contributed by atoms with van der Waals surface area (Å²) < 4.78 is 1.41. The standard InChI is InChI=1S/C12H16N2O4/c15-10-5-9(6-13-3-1-2-4-13)14(7-11(10)16)8-12(17)18/h5,7,16H,1-4,6,8H2,(H,17,18). The Balaban J connectivity index is 2.27. The third-order valence-corrected chi connectivity index (χ3v) is 3.09. The van der Waals surface area contributed by atoms with Gasteiger partial charge < -0.3 is 14.8 Å². The summed E-state index contributed by atoms with van der Waals surface area (Å²) in [5, 5.41) is 18.2. The van der Waals surface area contributed by atoms with E-state index in [4.69, 9.17) is 5.11 Å². The molecule has 6 nitrogen and oxygen atoms in total.